The van der Waals surface area contributed by atoms with Gasteiger partial charge < -0.3 is 5.32 Å². The highest BCUT2D eigenvalue weighted by atomic mass is 79.9. The van der Waals surface area contributed by atoms with Gasteiger partial charge >= 0.3 is 0 Å². The van der Waals surface area contributed by atoms with Crippen molar-refractivity contribution in [2.45, 2.75) is 45.6 Å². The summed E-state index contributed by atoms with van der Waals surface area (Å²) in [4.78, 5) is 11.3. The standard InChI is InChI=1S/C11H18BrN3O/c1-3-4-5-6-8(2)14-9-7-13-15-11(16)10(9)12/h7-8H,3-6H2,1-2H3,(H2,14,15,16). The predicted molar refractivity (Wildman–Crippen MR) is 69.8 cm³/mol. The second-order valence-corrected chi connectivity index (χ2v) is 4.76. The molecule has 0 amide bonds. The van der Waals surface area contributed by atoms with Crippen molar-refractivity contribution in [1.29, 1.82) is 0 Å². The van der Waals surface area contributed by atoms with Crippen LogP contribution < -0.4 is 10.9 Å². The second kappa shape index (κ2) is 6.68. The molecule has 0 bridgehead atoms. The summed E-state index contributed by atoms with van der Waals surface area (Å²) in [5.74, 6) is 0. The normalized spacial score (nSPS) is 12.4. The summed E-state index contributed by atoms with van der Waals surface area (Å²) in [6, 6.07) is 0.353. The highest BCUT2D eigenvalue weighted by Crippen LogP contribution is 2.17. The third kappa shape index (κ3) is 3.96. The molecular weight excluding hydrogens is 270 g/mol. The van der Waals surface area contributed by atoms with Crippen molar-refractivity contribution in [3.8, 4) is 0 Å². The SMILES string of the molecule is CCCCCC(C)Nc1cn[nH]c(=O)c1Br. The van der Waals surface area contributed by atoms with E-state index in [1.807, 2.05) is 0 Å². The zero-order valence-corrected chi connectivity index (χ0v) is 11.3. The van der Waals surface area contributed by atoms with E-state index in [4.69, 9.17) is 0 Å². The zero-order chi connectivity index (χ0) is 12.0. The Morgan fingerprint density at radius 2 is 2.31 bits per heavy atom. The van der Waals surface area contributed by atoms with E-state index in [1.54, 1.807) is 6.20 Å². The third-order valence-electron chi connectivity index (χ3n) is 2.44. The van der Waals surface area contributed by atoms with Crippen LogP contribution in [0.4, 0.5) is 5.69 Å². The summed E-state index contributed by atoms with van der Waals surface area (Å²) in [6.07, 6.45) is 6.41. The Labute approximate surface area is 104 Å². The van der Waals surface area contributed by atoms with E-state index in [0.717, 1.165) is 12.1 Å². The number of anilines is 1. The molecule has 1 aromatic heterocycles. The maximum Gasteiger partial charge on any atom is 0.280 e. The molecule has 16 heavy (non-hydrogen) atoms. The zero-order valence-electron chi connectivity index (χ0n) is 9.72. The molecule has 90 valence electrons. The third-order valence-corrected chi connectivity index (χ3v) is 3.23. The first-order valence-corrected chi connectivity index (χ1v) is 6.44. The van der Waals surface area contributed by atoms with E-state index in [-0.39, 0.29) is 5.56 Å². The van der Waals surface area contributed by atoms with E-state index >= 15 is 0 Å². The molecule has 1 aromatic rings. The molecule has 1 unspecified atom stereocenters. The molecule has 1 heterocycles. The lowest BCUT2D eigenvalue weighted by Gasteiger charge is -2.15. The van der Waals surface area contributed by atoms with Gasteiger partial charge in [0, 0.05) is 6.04 Å². The highest BCUT2D eigenvalue weighted by Gasteiger charge is 2.07. The van der Waals surface area contributed by atoms with Crippen LogP contribution in [0.5, 0.6) is 0 Å². The van der Waals surface area contributed by atoms with Crippen LogP contribution in [0.3, 0.4) is 0 Å². The number of hydrogen-bond donors (Lipinski definition) is 2. The lowest BCUT2D eigenvalue weighted by atomic mass is 10.1. The first-order chi connectivity index (χ1) is 7.65. The van der Waals surface area contributed by atoms with Crippen molar-refractivity contribution in [3.63, 3.8) is 0 Å². The topological polar surface area (TPSA) is 57.8 Å². The fourth-order valence-electron chi connectivity index (χ4n) is 1.52. The number of unbranched alkanes of at least 4 members (excludes halogenated alkanes) is 2. The van der Waals surface area contributed by atoms with Gasteiger partial charge in [-0.2, -0.15) is 5.10 Å². The number of nitrogens with zero attached hydrogens (tertiary/aromatic N) is 1. The van der Waals surface area contributed by atoms with E-state index < -0.39 is 0 Å². The van der Waals surface area contributed by atoms with Crippen LogP contribution in [0, 0.1) is 0 Å². The van der Waals surface area contributed by atoms with E-state index in [2.05, 4.69) is 45.3 Å². The van der Waals surface area contributed by atoms with Gasteiger partial charge in [-0.15, -0.1) is 0 Å². The number of hydrogen-bond acceptors (Lipinski definition) is 3. The second-order valence-electron chi connectivity index (χ2n) is 3.97. The van der Waals surface area contributed by atoms with Gasteiger partial charge in [0.1, 0.15) is 4.47 Å². The molecule has 0 spiro atoms. The van der Waals surface area contributed by atoms with Gasteiger partial charge in [0.05, 0.1) is 11.9 Å². The molecule has 0 aliphatic rings. The lowest BCUT2D eigenvalue weighted by Crippen LogP contribution is -2.19. The molecule has 0 aliphatic heterocycles. The lowest BCUT2D eigenvalue weighted by molar-refractivity contribution is 0.614. The molecule has 2 N–H and O–H groups in total. The molecule has 0 aromatic carbocycles. The Hall–Kier alpha value is -0.840. The molecule has 4 nitrogen and oxygen atoms in total. The van der Waals surface area contributed by atoms with Gasteiger partial charge in [0.25, 0.3) is 5.56 Å². The summed E-state index contributed by atoms with van der Waals surface area (Å²) in [5, 5.41) is 9.42. The first-order valence-electron chi connectivity index (χ1n) is 5.64. The maximum atomic E-state index is 11.3. The van der Waals surface area contributed by atoms with Crippen LogP contribution in [0.15, 0.2) is 15.5 Å². The Morgan fingerprint density at radius 1 is 1.56 bits per heavy atom. The summed E-state index contributed by atoms with van der Waals surface area (Å²) in [6.45, 7) is 4.30. The average molecular weight is 288 g/mol. The fraction of sp³-hybridized carbons (Fsp3) is 0.636. The van der Waals surface area contributed by atoms with Crippen molar-refractivity contribution in [1.82, 2.24) is 10.2 Å². The van der Waals surface area contributed by atoms with Crippen molar-refractivity contribution in [2.75, 3.05) is 5.32 Å². The largest absolute Gasteiger partial charge is 0.380 e. The van der Waals surface area contributed by atoms with Crippen LogP contribution >= 0.6 is 15.9 Å². The average Bonchev–Trinajstić information content (AvgIpc) is 2.25. The molecule has 0 radical (unpaired) electrons. The van der Waals surface area contributed by atoms with Gasteiger partial charge in [0.2, 0.25) is 0 Å². The van der Waals surface area contributed by atoms with Crippen LogP contribution in [0.25, 0.3) is 0 Å². The van der Waals surface area contributed by atoms with E-state index in [0.29, 0.717) is 10.5 Å². The number of rotatable bonds is 6. The van der Waals surface area contributed by atoms with Gasteiger partial charge in [-0.3, -0.25) is 4.79 Å². The predicted octanol–water partition coefficient (Wildman–Crippen LogP) is 2.91. The molecule has 0 saturated carbocycles. The van der Waals surface area contributed by atoms with Gasteiger partial charge in [-0.05, 0) is 29.3 Å². The minimum atomic E-state index is -0.203. The van der Waals surface area contributed by atoms with Crippen LogP contribution in [-0.2, 0) is 0 Å². The molecule has 5 heteroatoms. The summed E-state index contributed by atoms with van der Waals surface area (Å²) >= 11 is 3.24. The molecule has 1 atom stereocenters. The molecular formula is C11H18BrN3O. The van der Waals surface area contributed by atoms with Gasteiger partial charge in [-0.1, -0.05) is 26.2 Å². The smallest absolute Gasteiger partial charge is 0.280 e. The van der Waals surface area contributed by atoms with Crippen LogP contribution in [0.2, 0.25) is 0 Å². The molecule has 0 aliphatic carbocycles. The Bertz CT molecular complexity index is 378. The van der Waals surface area contributed by atoms with Crippen molar-refractivity contribution >= 4 is 21.6 Å². The Kier molecular flexibility index (Phi) is 5.52. The van der Waals surface area contributed by atoms with Crippen molar-refractivity contribution in [3.05, 3.63) is 21.0 Å². The maximum absolute atomic E-state index is 11.3. The molecule has 0 fully saturated rings. The van der Waals surface area contributed by atoms with Gasteiger partial charge in [0.15, 0.2) is 0 Å². The first kappa shape index (κ1) is 13.2. The van der Waals surface area contributed by atoms with E-state index in [9.17, 15) is 4.79 Å². The Balaban J connectivity index is 2.52. The summed E-state index contributed by atoms with van der Waals surface area (Å²) < 4.78 is 0.518. The number of nitrogens with one attached hydrogen (secondary N) is 2. The number of aromatic nitrogens is 2. The van der Waals surface area contributed by atoms with E-state index in [1.165, 1.54) is 19.3 Å². The molecule has 1 rings (SSSR count). The monoisotopic (exact) mass is 287 g/mol. The summed E-state index contributed by atoms with van der Waals surface area (Å²) in [7, 11) is 0. The number of halogens is 1. The number of aromatic amines is 1. The van der Waals surface area contributed by atoms with Crippen molar-refractivity contribution < 1.29 is 0 Å². The quantitative estimate of drug-likeness (QED) is 0.791. The van der Waals surface area contributed by atoms with Gasteiger partial charge in [-0.25, -0.2) is 5.10 Å². The fourth-order valence-corrected chi connectivity index (χ4v) is 1.83. The number of H-pyrrole nitrogens is 1. The highest BCUT2D eigenvalue weighted by molar-refractivity contribution is 9.10. The minimum Gasteiger partial charge on any atom is -0.380 e. The Morgan fingerprint density at radius 3 is 3.00 bits per heavy atom. The van der Waals surface area contributed by atoms with Crippen LogP contribution in [-0.4, -0.2) is 16.2 Å². The molecule has 0 saturated heterocycles. The van der Waals surface area contributed by atoms with Crippen LogP contribution in [0.1, 0.15) is 39.5 Å². The minimum absolute atomic E-state index is 0.203. The van der Waals surface area contributed by atoms with Crippen molar-refractivity contribution in [2.24, 2.45) is 0 Å². The summed E-state index contributed by atoms with van der Waals surface area (Å²) in [5.41, 5.74) is 0.554.